The minimum Gasteiger partial charge on any atom is -0.364 e. The predicted molar refractivity (Wildman–Crippen MR) is 82.1 cm³/mol. The quantitative estimate of drug-likeness (QED) is 0.857. The third-order valence-electron chi connectivity index (χ3n) is 3.92. The molecule has 2 aromatic carbocycles. The van der Waals surface area contributed by atoms with Crippen molar-refractivity contribution in [3.8, 4) is 0 Å². The number of ketones is 1. The van der Waals surface area contributed by atoms with E-state index in [2.05, 4.69) is 17.0 Å². The first-order valence-corrected chi connectivity index (χ1v) is 7.32. The van der Waals surface area contributed by atoms with Crippen LogP contribution < -0.4 is 4.90 Å². The maximum atomic E-state index is 13.6. The summed E-state index contributed by atoms with van der Waals surface area (Å²) in [5.41, 5.74) is 2.92. The van der Waals surface area contributed by atoms with E-state index in [1.54, 1.807) is 18.2 Å². The lowest BCUT2D eigenvalue weighted by Crippen LogP contribution is -2.34. The largest absolute Gasteiger partial charge is 0.364 e. The van der Waals surface area contributed by atoms with Gasteiger partial charge in [0.05, 0.1) is 6.54 Å². The monoisotopic (exact) mass is 283 g/mol. The molecule has 0 saturated carbocycles. The molecule has 0 saturated heterocycles. The van der Waals surface area contributed by atoms with Crippen LogP contribution >= 0.6 is 0 Å². The number of hydrogen-bond acceptors (Lipinski definition) is 2. The molecule has 3 heteroatoms. The number of Topliss-reactive ketones (excluding diaryl/α,β-unsaturated/α-hetero) is 1. The fourth-order valence-corrected chi connectivity index (χ4v) is 2.90. The second-order valence-electron chi connectivity index (χ2n) is 5.46. The summed E-state index contributed by atoms with van der Waals surface area (Å²) >= 11 is 0. The number of rotatable bonds is 4. The second kappa shape index (κ2) is 6.08. The van der Waals surface area contributed by atoms with Crippen molar-refractivity contribution in [1.82, 2.24) is 0 Å². The zero-order chi connectivity index (χ0) is 14.7. The van der Waals surface area contributed by atoms with Crippen LogP contribution in [0.2, 0.25) is 0 Å². The maximum absolute atomic E-state index is 13.6. The molecule has 0 aliphatic carbocycles. The van der Waals surface area contributed by atoms with Crippen molar-refractivity contribution in [1.29, 1.82) is 0 Å². The molecule has 0 radical (unpaired) electrons. The Morgan fingerprint density at radius 3 is 2.71 bits per heavy atom. The van der Waals surface area contributed by atoms with Gasteiger partial charge < -0.3 is 4.90 Å². The van der Waals surface area contributed by atoms with Crippen molar-refractivity contribution >= 4 is 11.5 Å². The summed E-state index contributed by atoms with van der Waals surface area (Å²) in [7, 11) is 0. The molecule has 2 nitrogen and oxygen atoms in total. The molecular formula is C18H18FNO. The molecule has 0 unspecified atom stereocenters. The highest BCUT2D eigenvalue weighted by atomic mass is 19.1. The minimum atomic E-state index is -0.301. The average molecular weight is 283 g/mol. The molecule has 3 rings (SSSR count). The zero-order valence-electron chi connectivity index (χ0n) is 11.9. The number of para-hydroxylation sites is 1. The number of halogens is 1. The van der Waals surface area contributed by atoms with E-state index >= 15 is 0 Å². The van der Waals surface area contributed by atoms with Gasteiger partial charge in [-0.25, -0.2) is 4.39 Å². The maximum Gasteiger partial charge on any atom is 0.156 e. The van der Waals surface area contributed by atoms with Crippen LogP contribution in [0.25, 0.3) is 0 Å². The van der Waals surface area contributed by atoms with E-state index in [0.29, 0.717) is 12.1 Å². The van der Waals surface area contributed by atoms with Crippen LogP contribution in [0, 0.1) is 5.82 Å². The van der Waals surface area contributed by atoms with Crippen LogP contribution in [-0.2, 0) is 17.6 Å². The van der Waals surface area contributed by atoms with Crippen LogP contribution in [-0.4, -0.2) is 18.9 Å². The molecule has 108 valence electrons. The minimum absolute atomic E-state index is 0.0526. The number of hydrogen-bond donors (Lipinski definition) is 0. The van der Waals surface area contributed by atoms with E-state index in [4.69, 9.17) is 0 Å². The number of fused-ring (bicyclic) bond motifs is 1. The molecule has 1 aliphatic rings. The molecule has 0 amide bonds. The Bertz CT molecular complexity index is 653. The van der Waals surface area contributed by atoms with Gasteiger partial charge in [0.15, 0.2) is 5.78 Å². The number of nitrogens with zero attached hydrogens (tertiary/aromatic N) is 1. The van der Waals surface area contributed by atoms with Crippen molar-refractivity contribution in [2.24, 2.45) is 0 Å². The van der Waals surface area contributed by atoms with Crippen molar-refractivity contribution in [3.63, 3.8) is 0 Å². The Hall–Kier alpha value is -2.16. The van der Waals surface area contributed by atoms with Crippen LogP contribution in [0.15, 0.2) is 48.5 Å². The predicted octanol–water partition coefficient (Wildman–Crippen LogP) is 3.39. The SMILES string of the molecule is O=C(Cc1ccccc1F)CN1CCCc2ccccc21. The van der Waals surface area contributed by atoms with E-state index in [1.165, 1.54) is 11.6 Å². The Morgan fingerprint density at radius 2 is 1.86 bits per heavy atom. The van der Waals surface area contributed by atoms with Gasteiger partial charge in [0, 0.05) is 18.7 Å². The molecule has 21 heavy (non-hydrogen) atoms. The number of carbonyl (C=O) groups is 1. The molecule has 2 aromatic rings. The van der Waals surface area contributed by atoms with E-state index in [1.807, 2.05) is 12.1 Å². The number of benzene rings is 2. The van der Waals surface area contributed by atoms with Gasteiger partial charge in [-0.1, -0.05) is 36.4 Å². The van der Waals surface area contributed by atoms with Gasteiger partial charge in [0.1, 0.15) is 5.82 Å². The third kappa shape index (κ3) is 3.13. The zero-order valence-corrected chi connectivity index (χ0v) is 11.9. The molecule has 0 spiro atoms. The molecular weight excluding hydrogens is 265 g/mol. The summed E-state index contributed by atoms with van der Waals surface area (Å²) in [6, 6.07) is 14.7. The summed E-state index contributed by atoms with van der Waals surface area (Å²) in [5.74, 6) is -0.248. The summed E-state index contributed by atoms with van der Waals surface area (Å²) in [4.78, 5) is 14.3. The summed E-state index contributed by atoms with van der Waals surface area (Å²) in [6.45, 7) is 1.24. The third-order valence-corrected chi connectivity index (χ3v) is 3.92. The second-order valence-corrected chi connectivity index (χ2v) is 5.46. The van der Waals surface area contributed by atoms with Crippen molar-refractivity contribution in [2.75, 3.05) is 18.0 Å². The van der Waals surface area contributed by atoms with Gasteiger partial charge >= 0.3 is 0 Å². The molecule has 0 aromatic heterocycles. The molecule has 1 aliphatic heterocycles. The smallest absolute Gasteiger partial charge is 0.156 e. The van der Waals surface area contributed by atoms with Crippen molar-refractivity contribution < 1.29 is 9.18 Å². The van der Waals surface area contributed by atoms with Crippen LogP contribution in [0.3, 0.4) is 0 Å². The van der Waals surface area contributed by atoms with E-state index in [-0.39, 0.29) is 18.0 Å². The first kappa shape index (κ1) is 13.8. The summed E-state index contributed by atoms with van der Waals surface area (Å²) in [6.07, 6.45) is 2.28. The van der Waals surface area contributed by atoms with Gasteiger partial charge in [0.25, 0.3) is 0 Å². The van der Waals surface area contributed by atoms with E-state index < -0.39 is 0 Å². The van der Waals surface area contributed by atoms with E-state index in [9.17, 15) is 9.18 Å². The molecule has 0 bridgehead atoms. The van der Waals surface area contributed by atoms with Gasteiger partial charge in [-0.05, 0) is 36.1 Å². The fourth-order valence-electron chi connectivity index (χ4n) is 2.90. The van der Waals surface area contributed by atoms with Crippen LogP contribution in [0.1, 0.15) is 17.5 Å². The highest BCUT2D eigenvalue weighted by molar-refractivity contribution is 5.86. The van der Waals surface area contributed by atoms with Crippen molar-refractivity contribution in [3.05, 3.63) is 65.5 Å². The lowest BCUT2D eigenvalue weighted by Gasteiger charge is -2.30. The standard InChI is InChI=1S/C18H18FNO/c19-17-9-3-1-7-15(17)12-16(21)13-20-11-5-8-14-6-2-4-10-18(14)20/h1-4,6-7,9-10H,5,8,11-13H2. The summed E-state index contributed by atoms with van der Waals surface area (Å²) < 4.78 is 13.6. The number of anilines is 1. The van der Waals surface area contributed by atoms with Gasteiger partial charge in [-0.2, -0.15) is 0 Å². The molecule has 1 heterocycles. The van der Waals surface area contributed by atoms with Gasteiger partial charge in [0.2, 0.25) is 0 Å². The van der Waals surface area contributed by atoms with Gasteiger partial charge in [-0.3, -0.25) is 4.79 Å². The Kier molecular flexibility index (Phi) is 4.00. The summed E-state index contributed by atoms with van der Waals surface area (Å²) in [5, 5.41) is 0. The highest BCUT2D eigenvalue weighted by Gasteiger charge is 2.19. The molecule has 0 atom stereocenters. The van der Waals surface area contributed by atoms with Gasteiger partial charge in [-0.15, -0.1) is 0 Å². The Balaban J connectivity index is 1.70. The van der Waals surface area contributed by atoms with Crippen LogP contribution in [0.4, 0.5) is 10.1 Å². The Morgan fingerprint density at radius 1 is 1.10 bits per heavy atom. The fraction of sp³-hybridized carbons (Fsp3) is 0.278. The first-order valence-electron chi connectivity index (χ1n) is 7.32. The van der Waals surface area contributed by atoms with E-state index in [0.717, 1.165) is 25.1 Å². The molecule has 0 fully saturated rings. The Labute approximate surface area is 124 Å². The van der Waals surface area contributed by atoms with Crippen LogP contribution in [0.5, 0.6) is 0 Å². The highest BCUT2D eigenvalue weighted by Crippen LogP contribution is 2.26. The lowest BCUT2D eigenvalue weighted by molar-refractivity contribution is -0.117. The number of carbonyl (C=O) groups excluding carboxylic acids is 1. The molecule has 0 N–H and O–H groups in total. The lowest BCUT2D eigenvalue weighted by atomic mass is 10.0. The number of aryl methyl sites for hydroxylation is 1. The normalized spacial score (nSPS) is 13.9. The van der Waals surface area contributed by atoms with Crippen molar-refractivity contribution in [2.45, 2.75) is 19.3 Å². The first-order chi connectivity index (χ1) is 10.2. The topological polar surface area (TPSA) is 20.3 Å². The average Bonchev–Trinajstić information content (AvgIpc) is 2.50.